The van der Waals surface area contributed by atoms with E-state index in [-0.39, 0.29) is 18.0 Å². The van der Waals surface area contributed by atoms with Crippen molar-refractivity contribution in [1.29, 1.82) is 0 Å². The normalized spacial score (nSPS) is 22.9. The predicted molar refractivity (Wildman–Crippen MR) is 82.8 cm³/mol. The van der Waals surface area contributed by atoms with Crippen LogP contribution in [0.15, 0.2) is 36.7 Å². The molecule has 2 aromatic rings. The molecule has 1 fully saturated rings. The fourth-order valence-corrected chi connectivity index (χ4v) is 3.02. The van der Waals surface area contributed by atoms with E-state index in [9.17, 15) is 4.39 Å². The number of aryl methyl sites for hydroxylation is 1. The molecule has 1 aliphatic rings. The van der Waals surface area contributed by atoms with Crippen LogP contribution in [-0.2, 0) is 11.8 Å². The van der Waals surface area contributed by atoms with Crippen LogP contribution in [0, 0.1) is 11.7 Å². The molecule has 0 amide bonds. The fourth-order valence-electron chi connectivity index (χ4n) is 3.02. The molecule has 1 N–H and O–H groups in total. The topological polar surface area (TPSA) is 39.1 Å². The highest BCUT2D eigenvalue weighted by atomic mass is 19.1. The summed E-state index contributed by atoms with van der Waals surface area (Å²) >= 11 is 0. The smallest absolute Gasteiger partial charge is 0.123 e. The highest BCUT2D eigenvalue weighted by Gasteiger charge is 2.30. The maximum Gasteiger partial charge on any atom is 0.123 e. The molecule has 1 saturated heterocycles. The van der Waals surface area contributed by atoms with E-state index in [1.165, 1.54) is 6.07 Å². The number of halogens is 1. The third-order valence-corrected chi connectivity index (χ3v) is 4.30. The highest BCUT2D eigenvalue weighted by Crippen LogP contribution is 2.34. The van der Waals surface area contributed by atoms with Crippen molar-refractivity contribution in [3.8, 4) is 0 Å². The maximum atomic E-state index is 13.3. The molecule has 0 bridgehead atoms. The monoisotopic (exact) mass is 303 g/mol. The van der Waals surface area contributed by atoms with Crippen LogP contribution in [0.2, 0.25) is 0 Å². The zero-order valence-corrected chi connectivity index (χ0v) is 13.0. The van der Waals surface area contributed by atoms with Crippen molar-refractivity contribution in [3.63, 3.8) is 0 Å². The van der Waals surface area contributed by atoms with Gasteiger partial charge >= 0.3 is 0 Å². The van der Waals surface area contributed by atoms with Crippen LogP contribution in [0.4, 0.5) is 4.39 Å². The molecule has 0 spiro atoms. The standard InChI is InChI=1S/C17H22FN3O/c1-12(13-4-3-5-16(18)8-13)19-9-14-6-7-22-17(14)15-10-20-21(2)11-15/h3-5,8,10-12,14,17,19H,6-7,9H2,1-2H3/t12-,14-,17-/m0/s1. The molecule has 1 aliphatic heterocycles. The Balaban J connectivity index is 1.60. The molecule has 118 valence electrons. The van der Waals surface area contributed by atoms with Gasteiger partial charge in [0.1, 0.15) is 5.82 Å². The van der Waals surface area contributed by atoms with Gasteiger partial charge in [0.25, 0.3) is 0 Å². The van der Waals surface area contributed by atoms with Gasteiger partial charge in [-0.05, 0) is 31.0 Å². The summed E-state index contributed by atoms with van der Waals surface area (Å²) in [5.41, 5.74) is 2.10. The molecule has 1 aromatic carbocycles. The van der Waals surface area contributed by atoms with E-state index in [2.05, 4.69) is 17.3 Å². The van der Waals surface area contributed by atoms with Gasteiger partial charge in [0.15, 0.2) is 0 Å². The molecule has 22 heavy (non-hydrogen) atoms. The lowest BCUT2D eigenvalue weighted by Crippen LogP contribution is -2.27. The summed E-state index contributed by atoms with van der Waals surface area (Å²) in [6.07, 6.45) is 5.02. The first-order valence-electron chi connectivity index (χ1n) is 7.72. The van der Waals surface area contributed by atoms with E-state index in [4.69, 9.17) is 4.74 Å². The maximum absolute atomic E-state index is 13.3. The molecular weight excluding hydrogens is 281 g/mol. The van der Waals surface area contributed by atoms with E-state index in [0.29, 0.717) is 5.92 Å². The Kier molecular flexibility index (Phi) is 4.55. The molecule has 0 unspecified atom stereocenters. The molecule has 3 atom stereocenters. The minimum absolute atomic E-state index is 0.0981. The lowest BCUT2D eigenvalue weighted by molar-refractivity contribution is 0.0899. The molecule has 0 saturated carbocycles. The minimum Gasteiger partial charge on any atom is -0.373 e. The number of rotatable bonds is 5. The van der Waals surface area contributed by atoms with Gasteiger partial charge in [0.05, 0.1) is 12.3 Å². The number of nitrogens with zero attached hydrogens (tertiary/aromatic N) is 2. The molecule has 5 heteroatoms. The van der Waals surface area contributed by atoms with Crippen molar-refractivity contribution in [2.45, 2.75) is 25.5 Å². The van der Waals surface area contributed by atoms with Crippen molar-refractivity contribution in [2.24, 2.45) is 13.0 Å². The van der Waals surface area contributed by atoms with Gasteiger partial charge in [-0.25, -0.2) is 4.39 Å². The number of ether oxygens (including phenoxy) is 1. The van der Waals surface area contributed by atoms with Gasteiger partial charge in [-0.2, -0.15) is 5.10 Å². The Labute approximate surface area is 130 Å². The third-order valence-electron chi connectivity index (χ3n) is 4.30. The lowest BCUT2D eigenvalue weighted by atomic mass is 9.96. The number of hydrogen-bond acceptors (Lipinski definition) is 3. The van der Waals surface area contributed by atoms with Gasteiger partial charge < -0.3 is 10.1 Å². The fraction of sp³-hybridized carbons (Fsp3) is 0.471. The second-order valence-electron chi connectivity index (χ2n) is 5.97. The molecule has 0 aliphatic carbocycles. The average molecular weight is 303 g/mol. The number of hydrogen-bond donors (Lipinski definition) is 1. The van der Waals surface area contributed by atoms with Crippen LogP contribution >= 0.6 is 0 Å². The molecule has 1 aromatic heterocycles. The van der Waals surface area contributed by atoms with Crippen molar-refractivity contribution < 1.29 is 9.13 Å². The van der Waals surface area contributed by atoms with Crippen LogP contribution < -0.4 is 5.32 Å². The van der Waals surface area contributed by atoms with Crippen LogP contribution in [0.1, 0.15) is 36.6 Å². The largest absolute Gasteiger partial charge is 0.373 e. The Hall–Kier alpha value is -1.72. The van der Waals surface area contributed by atoms with Gasteiger partial charge in [-0.15, -0.1) is 0 Å². The van der Waals surface area contributed by atoms with Crippen molar-refractivity contribution in [2.75, 3.05) is 13.2 Å². The Morgan fingerprint density at radius 1 is 1.50 bits per heavy atom. The first-order valence-corrected chi connectivity index (χ1v) is 7.72. The molecule has 3 rings (SSSR count). The Morgan fingerprint density at radius 2 is 2.36 bits per heavy atom. The van der Waals surface area contributed by atoms with E-state index >= 15 is 0 Å². The van der Waals surface area contributed by atoms with E-state index < -0.39 is 0 Å². The first-order chi connectivity index (χ1) is 10.6. The SMILES string of the molecule is C[C@H](NC[C@@H]1CCO[C@@H]1c1cnn(C)c1)c1cccc(F)c1. The third kappa shape index (κ3) is 3.36. The van der Waals surface area contributed by atoms with Crippen LogP contribution in [-0.4, -0.2) is 22.9 Å². The molecular formula is C17H22FN3O. The van der Waals surface area contributed by atoms with Gasteiger partial charge in [-0.1, -0.05) is 12.1 Å². The van der Waals surface area contributed by atoms with Crippen LogP contribution in [0.3, 0.4) is 0 Å². The number of nitrogens with one attached hydrogen (secondary N) is 1. The Morgan fingerprint density at radius 3 is 3.09 bits per heavy atom. The predicted octanol–water partition coefficient (Wildman–Crippen LogP) is 2.99. The van der Waals surface area contributed by atoms with Crippen LogP contribution in [0.5, 0.6) is 0 Å². The molecule has 4 nitrogen and oxygen atoms in total. The molecule has 2 heterocycles. The summed E-state index contributed by atoms with van der Waals surface area (Å²) < 4.78 is 21.0. The summed E-state index contributed by atoms with van der Waals surface area (Å²) in [7, 11) is 1.91. The van der Waals surface area contributed by atoms with Gasteiger partial charge in [0, 0.05) is 43.9 Å². The Bertz CT molecular complexity index is 628. The van der Waals surface area contributed by atoms with Crippen molar-refractivity contribution in [3.05, 3.63) is 53.6 Å². The second-order valence-corrected chi connectivity index (χ2v) is 5.97. The zero-order valence-electron chi connectivity index (χ0n) is 13.0. The number of benzene rings is 1. The highest BCUT2D eigenvalue weighted by molar-refractivity contribution is 5.19. The van der Waals surface area contributed by atoms with Crippen LogP contribution in [0.25, 0.3) is 0 Å². The summed E-state index contributed by atoms with van der Waals surface area (Å²) in [6.45, 7) is 3.68. The first kappa shape index (κ1) is 15.2. The second kappa shape index (κ2) is 6.58. The summed E-state index contributed by atoms with van der Waals surface area (Å²) in [4.78, 5) is 0. The van der Waals surface area contributed by atoms with E-state index in [0.717, 1.165) is 30.7 Å². The summed E-state index contributed by atoms with van der Waals surface area (Å²) in [5.74, 6) is 0.226. The van der Waals surface area contributed by atoms with Gasteiger partial charge in [-0.3, -0.25) is 4.68 Å². The zero-order chi connectivity index (χ0) is 15.5. The van der Waals surface area contributed by atoms with E-state index in [1.807, 2.05) is 25.5 Å². The average Bonchev–Trinajstić information content (AvgIpc) is 3.13. The quantitative estimate of drug-likeness (QED) is 0.923. The molecule has 0 radical (unpaired) electrons. The summed E-state index contributed by atoms with van der Waals surface area (Å²) in [5, 5.41) is 7.72. The summed E-state index contributed by atoms with van der Waals surface area (Å²) in [6, 6.07) is 6.87. The van der Waals surface area contributed by atoms with Gasteiger partial charge in [0.2, 0.25) is 0 Å². The van der Waals surface area contributed by atoms with Crippen molar-refractivity contribution >= 4 is 0 Å². The number of aromatic nitrogens is 2. The minimum atomic E-state index is -0.191. The van der Waals surface area contributed by atoms with E-state index in [1.54, 1.807) is 16.8 Å². The lowest BCUT2D eigenvalue weighted by Gasteiger charge is -2.21. The van der Waals surface area contributed by atoms with Crippen molar-refractivity contribution in [1.82, 2.24) is 15.1 Å².